The first-order valence-corrected chi connectivity index (χ1v) is 11.8. The maximum atomic E-state index is 12.3. The maximum Gasteiger partial charge on any atom is 0.240 e. The number of para-hydroxylation sites is 1. The highest BCUT2D eigenvalue weighted by Crippen LogP contribution is 2.28. The molecule has 1 heterocycles. The molecule has 4 rings (SSSR count). The van der Waals surface area contributed by atoms with E-state index in [0.717, 1.165) is 49.5 Å². The normalized spacial score (nSPS) is 11.2. The van der Waals surface area contributed by atoms with E-state index < -0.39 is 0 Å². The number of hydrogen-bond donors (Lipinski definition) is 2. The summed E-state index contributed by atoms with van der Waals surface area (Å²) < 4.78 is 11.5. The van der Waals surface area contributed by atoms with Crippen molar-refractivity contribution in [3.63, 3.8) is 0 Å². The Morgan fingerprint density at radius 2 is 1.86 bits per heavy atom. The van der Waals surface area contributed by atoms with Gasteiger partial charge in [0.2, 0.25) is 5.91 Å². The number of hydrogen-bond acceptors (Lipinski definition) is 4. The second kappa shape index (κ2) is 11.1. The molecule has 0 bridgehead atoms. The van der Waals surface area contributed by atoms with Gasteiger partial charge < -0.3 is 14.5 Å². The van der Waals surface area contributed by atoms with Crippen LogP contribution in [0.1, 0.15) is 34.2 Å². The number of halogens is 1. The molecular formula is C28H28ClN3O3. The summed E-state index contributed by atoms with van der Waals surface area (Å²) in [6, 6.07) is 17.5. The first kappa shape index (κ1) is 24.4. The molecule has 0 atom stereocenters. The van der Waals surface area contributed by atoms with Gasteiger partial charge in [-0.05, 0) is 78.9 Å². The van der Waals surface area contributed by atoms with Crippen molar-refractivity contribution >= 4 is 34.6 Å². The van der Waals surface area contributed by atoms with E-state index in [-0.39, 0.29) is 5.91 Å². The second-order valence-electron chi connectivity index (χ2n) is 8.38. The summed E-state index contributed by atoms with van der Waals surface area (Å²) >= 11 is 6.25. The average Bonchev–Trinajstić information content (AvgIpc) is 3.28. The zero-order chi connectivity index (χ0) is 24.8. The van der Waals surface area contributed by atoms with Crippen LogP contribution in [-0.4, -0.2) is 24.2 Å². The molecule has 1 aromatic heterocycles. The van der Waals surface area contributed by atoms with Gasteiger partial charge in [-0.1, -0.05) is 29.8 Å². The largest absolute Gasteiger partial charge is 0.496 e. The van der Waals surface area contributed by atoms with Crippen LogP contribution in [0.25, 0.3) is 10.9 Å². The molecule has 0 aliphatic heterocycles. The van der Waals surface area contributed by atoms with Gasteiger partial charge in [-0.3, -0.25) is 4.79 Å². The second-order valence-corrected chi connectivity index (χ2v) is 8.76. The number of rotatable bonds is 9. The summed E-state index contributed by atoms with van der Waals surface area (Å²) in [7, 11) is 1.62. The van der Waals surface area contributed by atoms with Crippen molar-refractivity contribution < 1.29 is 14.3 Å². The van der Waals surface area contributed by atoms with E-state index in [2.05, 4.69) is 21.6 Å². The van der Waals surface area contributed by atoms with Crippen molar-refractivity contribution in [2.45, 2.75) is 33.3 Å². The minimum Gasteiger partial charge on any atom is -0.496 e. The van der Waals surface area contributed by atoms with Gasteiger partial charge in [-0.15, -0.1) is 0 Å². The minimum absolute atomic E-state index is 0.142. The number of methoxy groups -OCH3 is 1. The number of amides is 1. The Hall–Kier alpha value is -3.77. The van der Waals surface area contributed by atoms with E-state index in [1.54, 1.807) is 13.3 Å². The predicted octanol–water partition coefficient (Wildman–Crippen LogP) is 6.11. The number of carbonyl (C=O) groups is 1. The third kappa shape index (κ3) is 6.03. The fraction of sp³-hybridized carbons (Fsp3) is 0.214. The molecule has 0 aliphatic rings. The Bertz CT molecular complexity index is 1350. The molecule has 0 unspecified atom stereocenters. The van der Waals surface area contributed by atoms with Gasteiger partial charge in [-0.25, -0.2) is 5.43 Å². The fourth-order valence-corrected chi connectivity index (χ4v) is 4.07. The van der Waals surface area contributed by atoms with Crippen molar-refractivity contribution in [3.8, 4) is 11.5 Å². The number of aromatic nitrogens is 1. The van der Waals surface area contributed by atoms with Crippen LogP contribution in [0.5, 0.6) is 11.5 Å². The number of hydrazone groups is 1. The van der Waals surface area contributed by atoms with Crippen LogP contribution in [0.3, 0.4) is 0 Å². The van der Waals surface area contributed by atoms with Crippen LogP contribution in [0.4, 0.5) is 0 Å². The molecule has 6 nitrogen and oxygen atoms in total. The Labute approximate surface area is 209 Å². The summed E-state index contributed by atoms with van der Waals surface area (Å²) in [6.45, 7) is 4.23. The molecule has 180 valence electrons. The van der Waals surface area contributed by atoms with E-state index in [9.17, 15) is 4.79 Å². The van der Waals surface area contributed by atoms with Crippen LogP contribution in [0.2, 0.25) is 5.02 Å². The lowest BCUT2D eigenvalue weighted by atomic mass is 10.1. The lowest BCUT2D eigenvalue weighted by Gasteiger charge is -2.13. The zero-order valence-corrected chi connectivity index (χ0v) is 20.8. The Kier molecular flexibility index (Phi) is 7.73. The molecule has 0 radical (unpaired) electrons. The molecule has 2 N–H and O–H groups in total. The standard InChI is InChI=1S/C28H28ClN3O3/c1-18-12-23(13-19(2)28(18)29)35-17-22-14-20(8-10-26(22)34-3)15-31-32-27(33)11-9-21-16-30-25-7-5-4-6-24(21)25/h4-8,10,12-16,30H,9,11,17H2,1-3H3,(H,32,33). The van der Waals surface area contributed by atoms with Gasteiger partial charge in [0.25, 0.3) is 0 Å². The number of nitrogens with one attached hydrogen (secondary N) is 2. The number of benzene rings is 3. The van der Waals surface area contributed by atoms with Gasteiger partial charge in [0.15, 0.2) is 0 Å². The predicted molar refractivity (Wildman–Crippen MR) is 141 cm³/mol. The lowest BCUT2D eigenvalue weighted by molar-refractivity contribution is -0.121. The summed E-state index contributed by atoms with van der Waals surface area (Å²) in [5.41, 5.74) is 8.42. The molecule has 0 saturated carbocycles. The van der Waals surface area contributed by atoms with E-state index >= 15 is 0 Å². The average molecular weight is 490 g/mol. The van der Waals surface area contributed by atoms with Gasteiger partial charge >= 0.3 is 0 Å². The highest BCUT2D eigenvalue weighted by molar-refractivity contribution is 6.32. The molecule has 0 spiro atoms. The number of nitrogens with zero attached hydrogens (tertiary/aromatic N) is 1. The fourth-order valence-electron chi connectivity index (χ4n) is 3.96. The Morgan fingerprint density at radius 3 is 2.63 bits per heavy atom. The number of aryl methyl sites for hydroxylation is 3. The highest BCUT2D eigenvalue weighted by atomic mass is 35.5. The zero-order valence-electron chi connectivity index (χ0n) is 20.0. The maximum absolute atomic E-state index is 12.3. The minimum atomic E-state index is -0.142. The number of fused-ring (bicyclic) bond motifs is 1. The smallest absolute Gasteiger partial charge is 0.240 e. The Morgan fingerprint density at radius 1 is 1.09 bits per heavy atom. The molecule has 0 aliphatic carbocycles. The molecule has 4 aromatic rings. The van der Waals surface area contributed by atoms with Crippen LogP contribution < -0.4 is 14.9 Å². The third-order valence-corrected chi connectivity index (χ3v) is 6.40. The Balaban J connectivity index is 1.35. The molecular weight excluding hydrogens is 462 g/mol. The first-order valence-electron chi connectivity index (χ1n) is 11.4. The molecule has 0 fully saturated rings. The van der Waals surface area contributed by atoms with Crippen molar-refractivity contribution in [3.05, 3.63) is 93.6 Å². The van der Waals surface area contributed by atoms with Crippen LogP contribution in [0, 0.1) is 13.8 Å². The third-order valence-electron chi connectivity index (χ3n) is 5.81. The lowest BCUT2D eigenvalue weighted by Crippen LogP contribution is -2.17. The van der Waals surface area contributed by atoms with Crippen molar-refractivity contribution in [2.75, 3.05) is 7.11 Å². The number of carbonyl (C=O) groups excluding carboxylic acids is 1. The van der Waals surface area contributed by atoms with Gasteiger partial charge in [-0.2, -0.15) is 5.10 Å². The van der Waals surface area contributed by atoms with Gasteiger partial charge in [0.1, 0.15) is 18.1 Å². The van der Waals surface area contributed by atoms with Crippen LogP contribution >= 0.6 is 11.6 Å². The van der Waals surface area contributed by atoms with E-state index in [0.29, 0.717) is 25.2 Å². The van der Waals surface area contributed by atoms with Gasteiger partial charge in [0, 0.05) is 34.1 Å². The highest BCUT2D eigenvalue weighted by Gasteiger charge is 2.09. The topological polar surface area (TPSA) is 75.7 Å². The van der Waals surface area contributed by atoms with E-state index in [4.69, 9.17) is 21.1 Å². The summed E-state index contributed by atoms with van der Waals surface area (Å²) in [5, 5.41) is 6.01. The van der Waals surface area contributed by atoms with Crippen molar-refractivity contribution in [1.29, 1.82) is 0 Å². The quantitative estimate of drug-likeness (QED) is 0.220. The SMILES string of the molecule is COc1ccc(C=NNC(=O)CCc2c[nH]c3ccccc23)cc1COc1cc(C)c(Cl)c(C)c1. The molecule has 3 aromatic carbocycles. The van der Waals surface area contributed by atoms with Crippen molar-refractivity contribution in [2.24, 2.45) is 5.10 Å². The van der Waals surface area contributed by atoms with Crippen molar-refractivity contribution in [1.82, 2.24) is 10.4 Å². The number of aromatic amines is 1. The summed E-state index contributed by atoms with van der Waals surface area (Å²) in [5.74, 6) is 1.32. The summed E-state index contributed by atoms with van der Waals surface area (Å²) in [6.07, 6.45) is 4.55. The first-order chi connectivity index (χ1) is 16.9. The number of H-pyrrole nitrogens is 1. The van der Waals surface area contributed by atoms with E-state index in [1.807, 2.05) is 68.6 Å². The van der Waals surface area contributed by atoms with Gasteiger partial charge in [0.05, 0.1) is 13.3 Å². The molecule has 7 heteroatoms. The number of ether oxygens (including phenoxy) is 2. The summed E-state index contributed by atoms with van der Waals surface area (Å²) in [4.78, 5) is 15.5. The van der Waals surface area contributed by atoms with E-state index in [1.165, 1.54) is 0 Å². The van der Waals surface area contributed by atoms with Crippen LogP contribution in [0.15, 0.2) is 65.9 Å². The molecule has 0 saturated heterocycles. The monoisotopic (exact) mass is 489 g/mol. The molecule has 35 heavy (non-hydrogen) atoms. The molecule has 1 amide bonds. The van der Waals surface area contributed by atoms with Crippen LogP contribution in [-0.2, 0) is 17.8 Å².